The molecule has 0 spiro atoms. The first-order valence-corrected chi connectivity index (χ1v) is 10.6. The Morgan fingerprint density at radius 3 is 1.46 bits per heavy atom. The number of hydrogen-bond acceptors (Lipinski definition) is 5. The molecule has 0 unspecified atom stereocenters. The van der Waals surface area contributed by atoms with Crippen LogP contribution in [0, 0.1) is 0 Å². The molecule has 3 aromatic rings. The average Bonchev–Trinajstić information content (AvgIpc) is 2.71. The van der Waals surface area contributed by atoms with Crippen LogP contribution in [0.25, 0.3) is 0 Å². The van der Waals surface area contributed by atoms with Gasteiger partial charge in [0, 0.05) is 5.02 Å². The van der Waals surface area contributed by atoms with Crippen LogP contribution in [-0.4, -0.2) is 14.2 Å². The summed E-state index contributed by atoms with van der Waals surface area (Å²) in [5.41, 5.74) is 0.787. The Morgan fingerprint density at radius 1 is 0.679 bits per heavy atom. The molecule has 0 aromatic heterocycles. The fraction of sp³-hybridized carbons (Fsp3) is 0.143. The van der Waals surface area contributed by atoms with Crippen LogP contribution < -0.4 is 18.5 Å². The van der Waals surface area contributed by atoms with Gasteiger partial charge in [0.2, 0.25) is 0 Å². The van der Waals surface area contributed by atoms with E-state index in [4.69, 9.17) is 30.1 Å². The Hall–Kier alpha value is -2.62. The van der Waals surface area contributed by atoms with Gasteiger partial charge in [-0.15, -0.1) is 0 Å². The van der Waals surface area contributed by atoms with Gasteiger partial charge in [0.15, 0.2) is 0 Å². The minimum absolute atomic E-state index is 0.0855. The Kier molecular flexibility index (Phi) is 6.50. The molecule has 0 aliphatic rings. The van der Waals surface area contributed by atoms with Gasteiger partial charge in [-0.25, -0.2) is 4.57 Å². The Bertz CT molecular complexity index is 887. The molecule has 0 amide bonds. The van der Waals surface area contributed by atoms with E-state index in [9.17, 15) is 4.57 Å². The maximum atomic E-state index is 13.6. The van der Waals surface area contributed by atoms with E-state index in [-0.39, 0.29) is 6.16 Å². The van der Waals surface area contributed by atoms with E-state index in [0.717, 1.165) is 5.56 Å². The summed E-state index contributed by atoms with van der Waals surface area (Å²) in [7, 11) is -0.417. The van der Waals surface area contributed by atoms with E-state index in [1.165, 1.54) is 0 Å². The Morgan fingerprint density at radius 2 is 1.07 bits per heavy atom. The molecule has 0 saturated heterocycles. The summed E-state index contributed by atoms with van der Waals surface area (Å²) in [5, 5.41) is 0.603. The minimum atomic E-state index is -3.57. The Labute approximate surface area is 169 Å². The highest BCUT2D eigenvalue weighted by molar-refractivity contribution is 7.53. The third-order valence-corrected chi connectivity index (χ3v) is 5.88. The predicted octanol–water partition coefficient (Wildman–Crippen LogP) is 6.21. The highest BCUT2D eigenvalue weighted by atomic mass is 35.5. The summed E-state index contributed by atoms with van der Waals surface area (Å²) in [6.07, 6.45) is 0.0855. The van der Waals surface area contributed by atoms with Gasteiger partial charge in [-0.2, -0.15) is 0 Å². The SMILES string of the molecule is COc1ccc(OP(=O)(Cc2ccc(Cl)cc2)Oc2ccc(OC)cc2)cc1. The molecule has 0 saturated carbocycles. The average molecular weight is 419 g/mol. The van der Waals surface area contributed by atoms with Crippen molar-refractivity contribution in [1.29, 1.82) is 0 Å². The van der Waals surface area contributed by atoms with Crippen LogP contribution in [0.15, 0.2) is 72.8 Å². The van der Waals surface area contributed by atoms with Crippen LogP contribution >= 0.6 is 19.2 Å². The maximum absolute atomic E-state index is 13.6. The van der Waals surface area contributed by atoms with E-state index in [1.807, 2.05) is 0 Å². The molecule has 0 N–H and O–H groups in total. The van der Waals surface area contributed by atoms with Gasteiger partial charge >= 0.3 is 7.60 Å². The molecule has 3 rings (SSSR count). The molecule has 3 aromatic carbocycles. The first-order chi connectivity index (χ1) is 13.5. The lowest BCUT2D eigenvalue weighted by atomic mass is 10.2. The van der Waals surface area contributed by atoms with Crippen molar-refractivity contribution in [3.8, 4) is 23.0 Å². The lowest BCUT2D eigenvalue weighted by molar-refractivity contribution is 0.381. The summed E-state index contributed by atoms with van der Waals surface area (Å²) in [6.45, 7) is 0. The molecule has 0 bridgehead atoms. The van der Waals surface area contributed by atoms with Crippen LogP contribution in [0.3, 0.4) is 0 Å². The van der Waals surface area contributed by atoms with Gasteiger partial charge in [-0.3, -0.25) is 0 Å². The van der Waals surface area contributed by atoms with Crippen molar-refractivity contribution in [2.24, 2.45) is 0 Å². The third kappa shape index (κ3) is 5.44. The maximum Gasteiger partial charge on any atom is 0.435 e. The van der Waals surface area contributed by atoms with E-state index < -0.39 is 7.60 Å². The lowest BCUT2D eigenvalue weighted by Crippen LogP contribution is -2.04. The molecule has 7 heteroatoms. The second-order valence-electron chi connectivity index (χ2n) is 5.93. The number of hydrogen-bond donors (Lipinski definition) is 0. The molecule has 0 heterocycles. The molecule has 0 fully saturated rings. The van der Waals surface area contributed by atoms with Gasteiger partial charge < -0.3 is 18.5 Å². The molecule has 0 radical (unpaired) electrons. The summed E-state index contributed by atoms with van der Waals surface area (Å²) >= 11 is 5.94. The number of ether oxygens (including phenoxy) is 2. The highest BCUT2D eigenvalue weighted by Crippen LogP contribution is 2.51. The van der Waals surface area contributed by atoms with Crippen LogP contribution in [0.2, 0.25) is 5.02 Å². The quantitative estimate of drug-likeness (QED) is 0.407. The zero-order chi connectivity index (χ0) is 20.0. The smallest absolute Gasteiger partial charge is 0.435 e. The van der Waals surface area contributed by atoms with Crippen molar-refractivity contribution in [2.75, 3.05) is 14.2 Å². The van der Waals surface area contributed by atoms with E-state index >= 15 is 0 Å². The van der Waals surface area contributed by atoms with Gasteiger partial charge in [0.1, 0.15) is 23.0 Å². The summed E-state index contributed by atoms with van der Waals surface area (Å²) in [5.74, 6) is 2.20. The van der Waals surface area contributed by atoms with Crippen molar-refractivity contribution in [3.63, 3.8) is 0 Å². The normalized spacial score (nSPS) is 11.0. The van der Waals surface area contributed by atoms with Gasteiger partial charge in [-0.1, -0.05) is 23.7 Å². The summed E-state index contributed by atoms with van der Waals surface area (Å²) < 4.78 is 35.5. The molecule has 0 aliphatic carbocycles. The first kappa shape index (κ1) is 20.1. The number of methoxy groups -OCH3 is 2. The topological polar surface area (TPSA) is 54.0 Å². The second-order valence-corrected chi connectivity index (χ2v) is 8.27. The summed E-state index contributed by atoms with van der Waals surface area (Å²) in [6, 6.07) is 20.7. The standard InChI is InChI=1S/C21H20ClO5P/c1-24-18-7-11-20(12-8-18)26-28(23,15-16-3-5-17(22)6-4-16)27-21-13-9-19(25-2)10-14-21/h3-14H,15H2,1-2H3. The largest absolute Gasteiger partial charge is 0.497 e. The molecule has 146 valence electrons. The zero-order valence-electron chi connectivity index (χ0n) is 15.5. The second kappa shape index (κ2) is 9.05. The van der Waals surface area contributed by atoms with Crippen molar-refractivity contribution in [3.05, 3.63) is 83.4 Å². The van der Waals surface area contributed by atoms with E-state index in [2.05, 4.69) is 0 Å². The molecule has 0 aliphatic heterocycles. The lowest BCUT2D eigenvalue weighted by Gasteiger charge is -2.20. The monoisotopic (exact) mass is 418 g/mol. The van der Waals surface area contributed by atoms with Crippen LogP contribution in [0.5, 0.6) is 23.0 Å². The molecule has 28 heavy (non-hydrogen) atoms. The van der Waals surface area contributed by atoms with Crippen molar-refractivity contribution in [1.82, 2.24) is 0 Å². The number of halogens is 1. The van der Waals surface area contributed by atoms with E-state index in [1.54, 1.807) is 87.0 Å². The van der Waals surface area contributed by atoms with Crippen LogP contribution in [-0.2, 0) is 10.7 Å². The fourth-order valence-electron chi connectivity index (χ4n) is 2.49. The van der Waals surface area contributed by atoms with E-state index in [0.29, 0.717) is 28.0 Å². The van der Waals surface area contributed by atoms with Gasteiger partial charge in [0.05, 0.1) is 20.4 Å². The Balaban J connectivity index is 1.86. The fourth-order valence-corrected chi connectivity index (χ4v) is 4.33. The molecular formula is C21H20ClO5P. The minimum Gasteiger partial charge on any atom is -0.497 e. The van der Waals surface area contributed by atoms with Crippen LogP contribution in [0.1, 0.15) is 5.56 Å². The molecule has 0 atom stereocenters. The zero-order valence-corrected chi connectivity index (χ0v) is 17.2. The van der Waals surface area contributed by atoms with Crippen LogP contribution in [0.4, 0.5) is 0 Å². The van der Waals surface area contributed by atoms with Crippen molar-refractivity contribution < 1.29 is 23.1 Å². The number of benzene rings is 3. The number of rotatable bonds is 8. The first-order valence-electron chi connectivity index (χ1n) is 8.50. The highest BCUT2D eigenvalue weighted by Gasteiger charge is 2.29. The molecule has 5 nitrogen and oxygen atoms in total. The molecular weight excluding hydrogens is 399 g/mol. The third-order valence-electron chi connectivity index (χ3n) is 3.90. The van der Waals surface area contributed by atoms with Crippen molar-refractivity contribution in [2.45, 2.75) is 6.16 Å². The van der Waals surface area contributed by atoms with Crippen molar-refractivity contribution >= 4 is 19.2 Å². The van der Waals surface area contributed by atoms with Gasteiger partial charge in [-0.05, 0) is 66.2 Å². The summed E-state index contributed by atoms with van der Waals surface area (Å²) in [4.78, 5) is 0. The van der Waals surface area contributed by atoms with Gasteiger partial charge in [0.25, 0.3) is 0 Å². The predicted molar refractivity (Wildman–Crippen MR) is 110 cm³/mol.